The van der Waals surface area contributed by atoms with Gasteiger partial charge in [-0.2, -0.15) is 0 Å². The van der Waals surface area contributed by atoms with Gasteiger partial charge in [-0.05, 0) is 32.1 Å². The third-order valence-electron chi connectivity index (χ3n) is 3.44. The Labute approximate surface area is 157 Å². The molecule has 2 rings (SSSR count). The standard InChI is InChI=1S/C18H24N4O3S/c1-13-8-16(21-25-13)20-18(24)12-26-11-17(23)19-9-14-6-4-5-7-15(14)10-22(2)3/h4-8H,9-12H2,1-3H3,(H,19,23)(H,20,21,24). The normalized spacial score (nSPS) is 10.8. The van der Waals surface area contributed by atoms with Gasteiger partial charge in [0.2, 0.25) is 11.8 Å². The number of amides is 2. The molecule has 2 amide bonds. The molecule has 0 aliphatic carbocycles. The van der Waals surface area contributed by atoms with Gasteiger partial charge in [-0.3, -0.25) is 9.59 Å². The molecule has 0 saturated heterocycles. The minimum atomic E-state index is -0.215. The fourth-order valence-corrected chi connectivity index (χ4v) is 2.96. The SMILES string of the molecule is Cc1cc(NC(=O)CSCC(=O)NCc2ccccc2CN(C)C)no1. The van der Waals surface area contributed by atoms with Crippen LogP contribution < -0.4 is 10.6 Å². The van der Waals surface area contributed by atoms with Crippen LogP contribution >= 0.6 is 11.8 Å². The zero-order valence-corrected chi connectivity index (χ0v) is 16.1. The molecule has 0 atom stereocenters. The van der Waals surface area contributed by atoms with Gasteiger partial charge in [0.15, 0.2) is 5.82 Å². The fraction of sp³-hybridized carbons (Fsp3) is 0.389. The van der Waals surface area contributed by atoms with E-state index in [0.29, 0.717) is 18.1 Å². The summed E-state index contributed by atoms with van der Waals surface area (Å²) in [6.45, 7) is 3.05. The largest absolute Gasteiger partial charge is 0.360 e. The Hall–Kier alpha value is -2.32. The summed E-state index contributed by atoms with van der Waals surface area (Å²) in [5.74, 6) is 1.10. The predicted molar refractivity (Wildman–Crippen MR) is 103 cm³/mol. The first-order chi connectivity index (χ1) is 12.4. The minimum Gasteiger partial charge on any atom is -0.360 e. The van der Waals surface area contributed by atoms with E-state index in [4.69, 9.17) is 4.52 Å². The van der Waals surface area contributed by atoms with E-state index in [9.17, 15) is 9.59 Å². The number of anilines is 1. The van der Waals surface area contributed by atoms with E-state index in [0.717, 1.165) is 12.1 Å². The van der Waals surface area contributed by atoms with E-state index in [1.165, 1.54) is 17.3 Å². The molecule has 0 aliphatic rings. The topological polar surface area (TPSA) is 87.5 Å². The predicted octanol–water partition coefficient (Wildman–Crippen LogP) is 2.03. The summed E-state index contributed by atoms with van der Waals surface area (Å²) in [6.07, 6.45) is 0. The first-order valence-electron chi connectivity index (χ1n) is 8.23. The Bertz CT molecular complexity index is 746. The first kappa shape index (κ1) is 20.0. The lowest BCUT2D eigenvalue weighted by Gasteiger charge is -2.14. The monoisotopic (exact) mass is 376 g/mol. The van der Waals surface area contributed by atoms with Crippen LogP contribution in [0.5, 0.6) is 0 Å². The van der Waals surface area contributed by atoms with Crippen molar-refractivity contribution in [3.63, 3.8) is 0 Å². The summed E-state index contributed by atoms with van der Waals surface area (Å²) in [4.78, 5) is 25.9. The van der Waals surface area contributed by atoms with Gasteiger partial charge in [-0.1, -0.05) is 29.4 Å². The number of nitrogens with zero attached hydrogens (tertiary/aromatic N) is 2. The zero-order chi connectivity index (χ0) is 18.9. The molecular formula is C18H24N4O3S. The van der Waals surface area contributed by atoms with Gasteiger partial charge in [-0.25, -0.2) is 0 Å². The highest BCUT2D eigenvalue weighted by atomic mass is 32.2. The lowest BCUT2D eigenvalue weighted by molar-refractivity contribution is -0.118. The summed E-state index contributed by atoms with van der Waals surface area (Å²) in [5, 5.41) is 9.21. The molecule has 0 radical (unpaired) electrons. The second-order valence-electron chi connectivity index (χ2n) is 6.15. The molecule has 1 heterocycles. The van der Waals surface area contributed by atoms with Crippen molar-refractivity contribution in [2.75, 3.05) is 30.9 Å². The smallest absolute Gasteiger partial charge is 0.235 e. The second-order valence-corrected chi connectivity index (χ2v) is 7.13. The highest BCUT2D eigenvalue weighted by Crippen LogP contribution is 2.11. The van der Waals surface area contributed by atoms with Crippen molar-refractivity contribution < 1.29 is 14.1 Å². The number of carbonyl (C=O) groups is 2. The Morgan fingerprint density at radius 3 is 2.50 bits per heavy atom. The highest BCUT2D eigenvalue weighted by molar-refractivity contribution is 8.00. The van der Waals surface area contributed by atoms with E-state index in [1.807, 2.05) is 32.3 Å². The van der Waals surface area contributed by atoms with E-state index in [-0.39, 0.29) is 23.3 Å². The maximum Gasteiger partial charge on any atom is 0.235 e. The van der Waals surface area contributed by atoms with E-state index < -0.39 is 0 Å². The number of aromatic nitrogens is 1. The van der Waals surface area contributed by atoms with Crippen LogP contribution in [-0.2, 0) is 22.7 Å². The lowest BCUT2D eigenvalue weighted by atomic mass is 10.1. The van der Waals surface area contributed by atoms with Gasteiger partial charge in [-0.15, -0.1) is 11.8 Å². The quantitative estimate of drug-likeness (QED) is 0.696. The van der Waals surface area contributed by atoms with Crippen LogP contribution in [0.1, 0.15) is 16.9 Å². The maximum absolute atomic E-state index is 12.0. The van der Waals surface area contributed by atoms with Gasteiger partial charge in [0.1, 0.15) is 5.76 Å². The molecule has 26 heavy (non-hydrogen) atoms. The van der Waals surface area contributed by atoms with E-state index in [2.05, 4.69) is 26.8 Å². The number of hydrogen-bond acceptors (Lipinski definition) is 6. The van der Waals surface area contributed by atoms with E-state index in [1.54, 1.807) is 13.0 Å². The Morgan fingerprint density at radius 2 is 1.85 bits per heavy atom. The number of benzene rings is 1. The van der Waals surface area contributed by atoms with E-state index >= 15 is 0 Å². The third kappa shape index (κ3) is 6.89. The number of thioether (sulfide) groups is 1. The molecule has 2 aromatic rings. The molecule has 0 unspecified atom stereocenters. The minimum absolute atomic E-state index is 0.0975. The van der Waals surface area contributed by atoms with Crippen LogP contribution in [0.2, 0.25) is 0 Å². The number of hydrogen-bond donors (Lipinski definition) is 2. The Morgan fingerprint density at radius 1 is 1.15 bits per heavy atom. The molecule has 7 nitrogen and oxygen atoms in total. The third-order valence-corrected chi connectivity index (χ3v) is 4.38. The van der Waals surface area contributed by atoms with Crippen LogP contribution in [0.4, 0.5) is 5.82 Å². The number of aryl methyl sites for hydroxylation is 1. The number of nitrogens with one attached hydrogen (secondary N) is 2. The van der Waals surface area contributed by atoms with Crippen molar-refractivity contribution in [3.05, 3.63) is 47.2 Å². The second kappa shape index (κ2) is 9.98. The molecule has 2 N–H and O–H groups in total. The molecule has 1 aromatic heterocycles. The summed E-state index contributed by atoms with van der Waals surface area (Å²) >= 11 is 1.25. The summed E-state index contributed by atoms with van der Waals surface area (Å²) in [7, 11) is 4.02. The molecule has 0 saturated carbocycles. The highest BCUT2D eigenvalue weighted by Gasteiger charge is 2.09. The van der Waals surface area contributed by atoms with Gasteiger partial charge in [0.05, 0.1) is 11.5 Å². The summed E-state index contributed by atoms with van der Waals surface area (Å²) < 4.78 is 4.88. The van der Waals surface area contributed by atoms with Crippen LogP contribution in [0.3, 0.4) is 0 Å². The fourth-order valence-electron chi connectivity index (χ4n) is 2.31. The molecule has 140 valence electrons. The Kier molecular flexibility index (Phi) is 7.68. The molecule has 0 bridgehead atoms. The molecule has 0 spiro atoms. The molecule has 8 heteroatoms. The van der Waals surface area contributed by atoms with Crippen LogP contribution in [0, 0.1) is 6.92 Å². The van der Waals surface area contributed by atoms with Gasteiger partial charge >= 0.3 is 0 Å². The van der Waals surface area contributed by atoms with Gasteiger partial charge < -0.3 is 20.1 Å². The Balaban J connectivity index is 1.70. The molecule has 0 fully saturated rings. The van der Waals surface area contributed by atoms with Crippen molar-refractivity contribution in [2.45, 2.75) is 20.0 Å². The molecule has 1 aromatic carbocycles. The summed E-state index contributed by atoms with van der Waals surface area (Å²) in [5.41, 5.74) is 2.28. The van der Waals surface area contributed by atoms with Gasteiger partial charge in [0, 0.05) is 19.2 Å². The van der Waals surface area contributed by atoms with Crippen molar-refractivity contribution in [1.82, 2.24) is 15.4 Å². The number of rotatable bonds is 9. The maximum atomic E-state index is 12.0. The van der Waals surface area contributed by atoms with Crippen LogP contribution in [-0.4, -0.2) is 47.5 Å². The molecular weight excluding hydrogens is 352 g/mol. The van der Waals surface area contributed by atoms with Crippen molar-refractivity contribution >= 4 is 29.4 Å². The molecule has 0 aliphatic heterocycles. The lowest BCUT2D eigenvalue weighted by Crippen LogP contribution is -2.26. The van der Waals surface area contributed by atoms with Crippen LogP contribution in [0.15, 0.2) is 34.9 Å². The average Bonchev–Trinajstić information content (AvgIpc) is 2.98. The first-order valence-corrected chi connectivity index (χ1v) is 9.38. The van der Waals surface area contributed by atoms with Crippen LogP contribution in [0.25, 0.3) is 0 Å². The van der Waals surface area contributed by atoms with Crippen molar-refractivity contribution in [2.24, 2.45) is 0 Å². The average molecular weight is 376 g/mol. The summed E-state index contributed by atoms with van der Waals surface area (Å²) in [6, 6.07) is 9.67. The van der Waals surface area contributed by atoms with Crippen molar-refractivity contribution in [1.29, 1.82) is 0 Å². The zero-order valence-electron chi connectivity index (χ0n) is 15.2. The number of carbonyl (C=O) groups excluding carboxylic acids is 2. The van der Waals surface area contributed by atoms with Crippen molar-refractivity contribution in [3.8, 4) is 0 Å². The van der Waals surface area contributed by atoms with Gasteiger partial charge in [0.25, 0.3) is 0 Å².